The first-order valence-electron chi connectivity index (χ1n) is 9.14. The summed E-state index contributed by atoms with van der Waals surface area (Å²) in [7, 11) is 4.46. The van der Waals surface area contributed by atoms with Gasteiger partial charge in [-0.3, -0.25) is 0 Å². The Labute approximate surface area is 132 Å². The fourth-order valence-corrected chi connectivity index (χ4v) is 4.51. The molecule has 1 saturated carbocycles. The summed E-state index contributed by atoms with van der Waals surface area (Å²) in [6, 6.07) is 0.770. The molecule has 2 aliphatic rings. The molecule has 2 rings (SSSR count). The van der Waals surface area contributed by atoms with Gasteiger partial charge in [-0.25, -0.2) is 0 Å². The van der Waals surface area contributed by atoms with Crippen molar-refractivity contribution >= 4 is 0 Å². The highest BCUT2D eigenvalue weighted by atomic mass is 15.2. The van der Waals surface area contributed by atoms with Gasteiger partial charge in [0.05, 0.1) is 0 Å². The van der Waals surface area contributed by atoms with E-state index in [1.807, 2.05) is 0 Å². The monoisotopic (exact) mass is 295 g/mol. The van der Waals surface area contributed by atoms with Gasteiger partial charge in [-0.15, -0.1) is 0 Å². The second kappa shape index (κ2) is 7.94. The topological polar surface area (TPSA) is 18.5 Å². The van der Waals surface area contributed by atoms with Crippen molar-refractivity contribution in [2.45, 2.75) is 58.4 Å². The average Bonchev–Trinajstić information content (AvgIpc) is 2.87. The summed E-state index contributed by atoms with van der Waals surface area (Å²) in [5.74, 6) is 0.912. The van der Waals surface area contributed by atoms with Crippen LogP contribution in [0.25, 0.3) is 0 Å². The summed E-state index contributed by atoms with van der Waals surface area (Å²) in [6.45, 7) is 11.0. The van der Waals surface area contributed by atoms with Crippen molar-refractivity contribution in [2.24, 2.45) is 11.3 Å². The van der Waals surface area contributed by atoms with Crippen molar-refractivity contribution in [3.63, 3.8) is 0 Å². The molecule has 1 heterocycles. The third kappa shape index (κ3) is 4.94. The van der Waals surface area contributed by atoms with Crippen molar-refractivity contribution < 1.29 is 0 Å². The zero-order valence-corrected chi connectivity index (χ0v) is 14.8. The second-order valence-electron chi connectivity index (χ2n) is 8.02. The van der Waals surface area contributed by atoms with Crippen LogP contribution in [-0.2, 0) is 0 Å². The lowest BCUT2D eigenvalue weighted by molar-refractivity contribution is 0.0881. The first kappa shape index (κ1) is 17.2. The SMILES string of the molecule is CCCNCC1(CN2CCC(N(C)C)C2)CCCC(C)C1. The van der Waals surface area contributed by atoms with Gasteiger partial charge in [-0.2, -0.15) is 0 Å². The van der Waals surface area contributed by atoms with E-state index in [4.69, 9.17) is 0 Å². The third-order valence-corrected chi connectivity index (χ3v) is 5.65. The molecule has 0 aromatic rings. The highest BCUT2D eigenvalue weighted by molar-refractivity contribution is 4.92. The van der Waals surface area contributed by atoms with E-state index in [-0.39, 0.29) is 0 Å². The van der Waals surface area contributed by atoms with E-state index in [9.17, 15) is 0 Å². The fraction of sp³-hybridized carbons (Fsp3) is 1.00. The quantitative estimate of drug-likeness (QED) is 0.729. The fourth-order valence-electron chi connectivity index (χ4n) is 4.51. The summed E-state index contributed by atoms with van der Waals surface area (Å²) < 4.78 is 0. The average molecular weight is 296 g/mol. The van der Waals surface area contributed by atoms with Gasteiger partial charge in [-0.05, 0) is 64.2 Å². The molecule has 3 unspecified atom stereocenters. The maximum atomic E-state index is 3.74. The molecule has 3 heteroatoms. The van der Waals surface area contributed by atoms with Crippen LogP contribution >= 0.6 is 0 Å². The van der Waals surface area contributed by atoms with E-state index >= 15 is 0 Å². The molecule has 0 aromatic carbocycles. The van der Waals surface area contributed by atoms with Crippen LogP contribution in [0.4, 0.5) is 0 Å². The van der Waals surface area contributed by atoms with Gasteiger partial charge in [0.1, 0.15) is 0 Å². The molecule has 0 amide bonds. The molecule has 2 fully saturated rings. The number of hydrogen-bond acceptors (Lipinski definition) is 3. The molecule has 1 saturated heterocycles. The molecular weight excluding hydrogens is 258 g/mol. The maximum absolute atomic E-state index is 3.74. The van der Waals surface area contributed by atoms with Gasteiger partial charge in [0.25, 0.3) is 0 Å². The molecule has 0 bridgehead atoms. The van der Waals surface area contributed by atoms with E-state index in [2.05, 4.69) is 43.1 Å². The first-order chi connectivity index (χ1) is 10.0. The van der Waals surface area contributed by atoms with Crippen LogP contribution in [0.5, 0.6) is 0 Å². The van der Waals surface area contributed by atoms with E-state index in [0.29, 0.717) is 5.41 Å². The maximum Gasteiger partial charge on any atom is 0.0229 e. The summed E-state index contributed by atoms with van der Waals surface area (Å²) in [4.78, 5) is 5.15. The Hall–Kier alpha value is -0.120. The Kier molecular flexibility index (Phi) is 6.51. The molecule has 3 atom stereocenters. The van der Waals surface area contributed by atoms with Gasteiger partial charge in [-0.1, -0.05) is 26.7 Å². The van der Waals surface area contributed by atoms with Crippen molar-refractivity contribution in [1.29, 1.82) is 0 Å². The van der Waals surface area contributed by atoms with Gasteiger partial charge in [0.15, 0.2) is 0 Å². The van der Waals surface area contributed by atoms with Crippen molar-refractivity contribution in [2.75, 3.05) is 46.8 Å². The third-order valence-electron chi connectivity index (χ3n) is 5.65. The summed E-state index contributed by atoms with van der Waals surface area (Å²) in [5, 5.41) is 3.74. The number of nitrogens with one attached hydrogen (secondary N) is 1. The molecule has 1 N–H and O–H groups in total. The Morgan fingerprint density at radius 1 is 1.29 bits per heavy atom. The molecule has 124 valence electrons. The molecule has 1 aliphatic heterocycles. The Morgan fingerprint density at radius 2 is 2.10 bits per heavy atom. The standard InChI is InChI=1S/C18H37N3/c1-5-10-19-14-18(9-6-7-16(2)12-18)15-21-11-8-17(13-21)20(3)4/h16-17,19H,5-15H2,1-4H3. The van der Waals surface area contributed by atoms with E-state index < -0.39 is 0 Å². The predicted octanol–water partition coefficient (Wildman–Crippen LogP) is 2.82. The minimum Gasteiger partial charge on any atom is -0.316 e. The number of nitrogens with zero attached hydrogens (tertiary/aromatic N) is 2. The molecule has 0 aromatic heterocycles. The number of likely N-dealkylation sites (N-methyl/N-ethyl adjacent to an activating group) is 1. The van der Waals surface area contributed by atoms with Crippen LogP contribution in [0.1, 0.15) is 52.4 Å². The zero-order chi connectivity index (χ0) is 15.3. The van der Waals surface area contributed by atoms with Crippen molar-refractivity contribution in [3.05, 3.63) is 0 Å². The van der Waals surface area contributed by atoms with Gasteiger partial charge in [0.2, 0.25) is 0 Å². The molecule has 3 nitrogen and oxygen atoms in total. The summed E-state index contributed by atoms with van der Waals surface area (Å²) >= 11 is 0. The molecule has 0 radical (unpaired) electrons. The lowest BCUT2D eigenvalue weighted by Crippen LogP contribution is -2.47. The van der Waals surface area contributed by atoms with E-state index in [1.54, 1.807) is 0 Å². The summed E-state index contributed by atoms with van der Waals surface area (Å²) in [6.07, 6.45) is 8.32. The molecule has 0 spiro atoms. The number of hydrogen-bond donors (Lipinski definition) is 1. The van der Waals surface area contributed by atoms with Crippen LogP contribution in [-0.4, -0.2) is 62.7 Å². The molecule has 1 aliphatic carbocycles. The lowest BCUT2D eigenvalue weighted by atomic mass is 9.69. The Morgan fingerprint density at radius 3 is 2.71 bits per heavy atom. The second-order valence-corrected chi connectivity index (χ2v) is 8.02. The summed E-state index contributed by atoms with van der Waals surface area (Å²) in [5.41, 5.74) is 0.536. The van der Waals surface area contributed by atoms with Crippen LogP contribution < -0.4 is 5.32 Å². The predicted molar refractivity (Wildman–Crippen MR) is 91.8 cm³/mol. The van der Waals surface area contributed by atoms with Crippen LogP contribution in [0.2, 0.25) is 0 Å². The Balaban J connectivity index is 1.92. The van der Waals surface area contributed by atoms with Gasteiger partial charge < -0.3 is 15.1 Å². The van der Waals surface area contributed by atoms with Crippen molar-refractivity contribution in [1.82, 2.24) is 15.1 Å². The van der Waals surface area contributed by atoms with E-state index in [1.165, 1.54) is 71.2 Å². The number of rotatable bonds is 7. The highest BCUT2D eigenvalue weighted by Gasteiger charge is 2.38. The largest absolute Gasteiger partial charge is 0.316 e. The van der Waals surface area contributed by atoms with E-state index in [0.717, 1.165) is 12.0 Å². The smallest absolute Gasteiger partial charge is 0.0229 e. The van der Waals surface area contributed by atoms with Crippen molar-refractivity contribution in [3.8, 4) is 0 Å². The van der Waals surface area contributed by atoms with Gasteiger partial charge in [0, 0.05) is 25.7 Å². The highest BCUT2D eigenvalue weighted by Crippen LogP contribution is 2.40. The first-order valence-corrected chi connectivity index (χ1v) is 9.14. The van der Waals surface area contributed by atoms with Crippen LogP contribution in [0.15, 0.2) is 0 Å². The lowest BCUT2D eigenvalue weighted by Gasteiger charge is -2.43. The van der Waals surface area contributed by atoms with Crippen LogP contribution in [0, 0.1) is 11.3 Å². The Bertz CT molecular complexity index is 305. The van der Waals surface area contributed by atoms with Gasteiger partial charge >= 0.3 is 0 Å². The molecule has 21 heavy (non-hydrogen) atoms. The normalized spacial score (nSPS) is 34.7. The number of likely N-dealkylation sites (tertiary alicyclic amines) is 1. The minimum absolute atomic E-state index is 0.536. The zero-order valence-electron chi connectivity index (χ0n) is 14.8. The molecular formula is C18H37N3. The van der Waals surface area contributed by atoms with Crippen LogP contribution in [0.3, 0.4) is 0 Å². The minimum atomic E-state index is 0.536.